The van der Waals surface area contributed by atoms with Crippen LogP contribution in [0.5, 0.6) is 0 Å². The monoisotopic (exact) mass is 317 g/mol. The van der Waals surface area contributed by atoms with Gasteiger partial charge in [-0.05, 0) is 12.5 Å². The average Bonchev–Trinajstić information content (AvgIpc) is 2.37. The molecule has 0 aliphatic carbocycles. The number of nitrogens with two attached hydrogens (primary N) is 1. The summed E-state index contributed by atoms with van der Waals surface area (Å²) in [6.45, 7) is 1.73. The first-order chi connectivity index (χ1) is 9.66. The van der Waals surface area contributed by atoms with E-state index < -0.39 is 42.9 Å². The van der Waals surface area contributed by atoms with Gasteiger partial charge in [-0.2, -0.15) is 0 Å². The molecule has 116 valence electrons. The standard InChI is InChI=1S/C11H15N3O6S/c1-2-9(12)7-21(19,20)6-8-3-4-10(13(15)16)5-11(8)14(17)18/h3-5,9H,2,6-7,12H2,1H3. The van der Waals surface area contributed by atoms with Crippen LogP contribution in [0, 0.1) is 20.2 Å². The first kappa shape index (κ1) is 17.0. The second-order valence-electron chi connectivity index (χ2n) is 4.55. The summed E-state index contributed by atoms with van der Waals surface area (Å²) < 4.78 is 23.9. The fourth-order valence-corrected chi connectivity index (χ4v) is 3.42. The lowest BCUT2D eigenvalue weighted by molar-refractivity contribution is -0.394. The van der Waals surface area contributed by atoms with Gasteiger partial charge in [0.1, 0.15) is 0 Å². The Morgan fingerprint density at radius 1 is 1.24 bits per heavy atom. The molecule has 0 saturated carbocycles. The highest BCUT2D eigenvalue weighted by Crippen LogP contribution is 2.26. The van der Waals surface area contributed by atoms with Gasteiger partial charge in [-0.1, -0.05) is 6.92 Å². The first-order valence-electron chi connectivity index (χ1n) is 6.04. The number of nitrogens with zero attached hydrogens (tertiary/aromatic N) is 2. The van der Waals surface area contributed by atoms with Gasteiger partial charge in [-0.3, -0.25) is 20.2 Å². The molecule has 0 heterocycles. The van der Waals surface area contributed by atoms with Crippen molar-refractivity contribution in [2.45, 2.75) is 25.1 Å². The Morgan fingerprint density at radius 3 is 2.33 bits per heavy atom. The minimum absolute atomic E-state index is 0.0890. The molecule has 1 atom stereocenters. The van der Waals surface area contributed by atoms with Crippen molar-refractivity contribution >= 4 is 21.2 Å². The third-order valence-corrected chi connectivity index (χ3v) is 4.53. The van der Waals surface area contributed by atoms with E-state index in [1.165, 1.54) is 0 Å². The molecule has 0 saturated heterocycles. The summed E-state index contributed by atoms with van der Waals surface area (Å²) in [5.74, 6) is -0.868. The van der Waals surface area contributed by atoms with E-state index in [1.807, 2.05) is 0 Å². The molecular weight excluding hydrogens is 302 g/mol. The fraction of sp³-hybridized carbons (Fsp3) is 0.455. The lowest BCUT2D eigenvalue weighted by atomic mass is 10.2. The predicted octanol–water partition coefficient (Wildman–Crippen LogP) is 1.16. The molecule has 2 N–H and O–H groups in total. The first-order valence-corrected chi connectivity index (χ1v) is 7.86. The summed E-state index contributed by atoms with van der Waals surface area (Å²) in [5.41, 5.74) is 4.43. The molecule has 1 unspecified atom stereocenters. The van der Waals surface area contributed by atoms with E-state index in [-0.39, 0.29) is 11.3 Å². The van der Waals surface area contributed by atoms with Crippen LogP contribution in [0.4, 0.5) is 11.4 Å². The summed E-state index contributed by atoms with van der Waals surface area (Å²) in [4.78, 5) is 19.9. The third kappa shape index (κ3) is 4.76. The van der Waals surface area contributed by atoms with Crippen molar-refractivity contribution in [3.63, 3.8) is 0 Å². The van der Waals surface area contributed by atoms with Crippen molar-refractivity contribution in [3.8, 4) is 0 Å². The Hall–Kier alpha value is -2.07. The van der Waals surface area contributed by atoms with Crippen molar-refractivity contribution in [2.24, 2.45) is 5.73 Å². The Labute approximate surface area is 121 Å². The van der Waals surface area contributed by atoms with E-state index >= 15 is 0 Å². The number of nitro benzene ring substituents is 2. The minimum atomic E-state index is -3.63. The van der Waals surface area contributed by atoms with Crippen molar-refractivity contribution in [1.29, 1.82) is 0 Å². The van der Waals surface area contributed by atoms with Gasteiger partial charge in [0.2, 0.25) is 0 Å². The SMILES string of the molecule is CCC(N)CS(=O)(=O)Cc1ccc([N+](=O)[O-])cc1[N+](=O)[O-]. The Morgan fingerprint density at radius 2 is 1.86 bits per heavy atom. The van der Waals surface area contributed by atoms with Gasteiger partial charge in [0, 0.05) is 17.7 Å². The van der Waals surface area contributed by atoms with E-state index in [0.717, 1.165) is 18.2 Å². The number of hydrogen-bond acceptors (Lipinski definition) is 7. The maximum absolute atomic E-state index is 11.9. The van der Waals surface area contributed by atoms with Crippen molar-refractivity contribution in [1.82, 2.24) is 0 Å². The number of nitro groups is 2. The molecule has 9 nitrogen and oxygen atoms in total. The molecule has 0 fully saturated rings. The number of rotatable bonds is 7. The quantitative estimate of drug-likeness (QED) is 0.586. The van der Waals surface area contributed by atoms with Gasteiger partial charge in [0.05, 0.1) is 27.4 Å². The van der Waals surface area contributed by atoms with Gasteiger partial charge in [0.15, 0.2) is 9.84 Å². The molecule has 1 aromatic carbocycles. The predicted molar refractivity (Wildman–Crippen MR) is 75.5 cm³/mol. The number of hydrogen-bond donors (Lipinski definition) is 1. The summed E-state index contributed by atoms with van der Waals surface area (Å²) in [7, 11) is -3.63. The van der Waals surface area contributed by atoms with Gasteiger partial charge >= 0.3 is 0 Å². The van der Waals surface area contributed by atoms with Crippen LogP contribution >= 0.6 is 0 Å². The molecule has 0 aliphatic rings. The number of non-ortho nitro benzene ring substituents is 1. The smallest absolute Gasteiger partial charge is 0.280 e. The zero-order valence-electron chi connectivity index (χ0n) is 11.3. The third-order valence-electron chi connectivity index (χ3n) is 2.84. The van der Waals surface area contributed by atoms with Crippen LogP contribution in [0.1, 0.15) is 18.9 Å². The van der Waals surface area contributed by atoms with Gasteiger partial charge < -0.3 is 5.73 Å². The number of benzene rings is 1. The maximum atomic E-state index is 11.9. The second-order valence-corrected chi connectivity index (χ2v) is 6.66. The summed E-state index contributed by atoms with van der Waals surface area (Å²) in [6, 6.07) is 2.33. The van der Waals surface area contributed by atoms with Gasteiger partial charge in [-0.15, -0.1) is 0 Å². The van der Waals surface area contributed by atoms with Gasteiger partial charge in [-0.25, -0.2) is 8.42 Å². The average molecular weight is 317 g/mol. The van der Waals surface area contributed by atoms with E-state index in [9.17, 15) is 28.6 Å². The van der Waals surface area contributed by atoms with Crippen LogP contribution in [0.15, 0.2) is 18.2 Å². The highest BCUT2D eigenvalue weighted by atomic mass is 32.2. The Balaban J connectivity index is 3.13. The van der Waals surface area contributed by atoms with E-state index in [4.69, 9.17) is 5.73 Å². The summed E-state index contributed by atoms with van der Waals surface area (Å²) in [5, 5.41) is 21.5. The molecule has 10 heteroatoms. The van der Waals surface area contributed by atoms with Crippen LogP contribution in [-0.4, -0.2) is 30.1 Å². The molecule has 1 rings (SSSR count). The summed E-state index contributed by atoms with van der Waals surface area (Å²) in [6.07, 6.45) is 0.460. The lowest BCUT2D eigenvalue weighted by Crippen LogP contribution is -2.29. The molecule has 1 aromatic rings. The molecule has 0 amide bonds. The van der Waals surface area contributed by atoms with E-state index in [0.29, 0.717) is 6.42 Å². The fourth-order valence-electron chi connectivity index (χ4n) is 1.70. The zero-order chi connectivity index (χ0) is 16.2. The van der Waals surface area contributed by atoms with Crippen molar-refractivity contribution < 1.29 is 18.3 Å². The highest BCUT2D eigenvalue weighted by Gasteiger charge is 2.24. The summed E-state index contributed by atoms with van der Waals surface area (Å²) >= 11 is 0. The van der Waals surface area contributed by atoms with Crippen LogP contribution in [-0.2, 0) is 15.6 Å². The molecule has 0 spiro atoms. The molecule has 0 bridgehead atoms. The van der Waals surface area contributed by atoms with Crippen LogP contribution < -0.4 is 5.73 Å². The normalized spacial score (nSPS) is 12.9. The molecular formula is C11H15N3O6S. The molecule has 0 aliphatic heterocycles. The topological polar surface area (TPSA) is 146 Å². The van der Waals surface area contributed by atoms with Gasteiger partial charge in [0.25, 0.3) is 11.4 Å². The molecule has 0 radical (unpaired) electrons. The highest BCUT2D eigenvalue weighted by molar-refractivity contribution is 7.90. The maximum Gasteiger partial charge on any atom is 0.280 e. The van der Waals surface area contributed by atoms with Crippen molar-refractivity contribution in [3.05, 3.63) is 44.0 Å². The Kier molecular flexibility index (Phi) is 5.33. The molecule has 0 aromatic heterocycles. The minimum Gasteiger partial charge on any atom is -0.327 e. The van der Waals surface area contributed by atoms with Crippen LogP contribution in [0.3, 0.4) is 0 Å². The van der Waals surface area contributed by atoms with E-state index in [1.54, 1.807) is 6.92 Å². The number of sulfone groups is 1. The Bertz CT molecular complexity index is 658. The van der Waals surface area contributed by atoms with Crippen LogP contribution in [0.25, 0.3) is 0 Å². The largest absolute Gasteiger partial charge is 0.327 e. The van der Waals surface area contributed by atoms with Crippen molar-refractivity contribution in [2.75, 3.05) is 5.75 Å². The zero-order valence-corrected chi connectivity index (χ0v) is 12.1. The molecule has 21 heavy (non-hydrogen) atoms. The van der Waals surface area contributed by atoms with Crippen LogP contribution in [0.2, 0.25) is 0 Å². The lowest BCUT2D eigenvalue weighted by Gasteiger charge is -2.09. The van der Waals surface area contributed by atoms with E-state index in [2.05, 4.69) is 0 Å². The second kappa shape index (κ2) is 6.59.